The highest BCUT2D eigenvalue weighted by atomic mass is 16.4. The van der Waals surface area contributed by atoms with Gasteiger partial charge >= 0.3 is 5.97 Å². The summed E-state index contributed by atoms with van der Waals surface area (Å²) in [6.07, 6.45) is 2.52. The van der Waals surface area contributed by atoms with Crippen molar-refractivity contribution in [2.75, 3.05) is 13.1 Å². The number of benzene rings is 2. The van der Waals surface area contributed by atoms with E-state index in [9.17, 15) is 14.7 Å². The van der Waals surface area contributed by atoms with Crippen molar-refractivity contribution in [2.45, 2.75) is 25.9 Å². The van der Waals surface area contributed by atoms with Gasteiger partial charge in [-0.15, -0.1) is 0 Å². The third-order valence-corrected chi connectivity index (χ3v) is 5.98. The van der Waals surface area contributed by atoms with Crippen LogP contribution in [0.5, 0.6) is 0 Å². The van der Waals surface area contributed by atoms with Gasteiger partial charge in [0.2, 0.25) is 0 Å². The molecule has 0 spiro atoms. The number of aryl methyl sites for hydroxylation is 1. The van der Waals surface area contributed by atoms with E-state index in [1.54, 1.807) is 25.3 Å². The smallest absolute Gasteiger partial charge is 0.335 e. The first-order valence-corrected chi connectivity index (χ1v) is 10.0. The van der Waals surface area contributed by atoms with Crippen molar-refractivity contribution in [2.24, 2.45) is 0 Å². The number of likely N-dealkylation sites (tertiary alicyclic amines) is 1. The van der Waals surface area contributed by atoms with Crippen LogP contribution in [0.4, 0.5) is 0 Å². The summed E-state index contributed by atoms with van der Waals surface area (Å²) in [5.41, 5.74) is 3.27. The molecule has 1 aliphatic rings. The number of hydrogen-bond acceptors (Lipinski definition) is 4. The minimum absolute atomic E-state index is 0.130. The van der Waals surface area contributed by atoms with Crippen LogP contribution >= 0.6 is 0 Å². The summed E-state index contributed by atoms with van der Waals surface area (Å²) >= 11 is 0. The summed E-state index contributed by atoms with van der Waals surface area (Å²) in [6.45, 7) is 4.39. The Balaban J connectivity index is 1.57. The van der Waals surface area contributed by atoms with Gasteiger partial charge in [0.05, 0.1) is 34.2 Å². The number of carbonyl (C=O) groups is 1. The Morgan fingerprint density at radius 2 is 2.03 bits per heavy atom. The molecule has 3 heterocycles. The number of fused-ring (bicyclic) bond motifs is 3. The second-order valence-corrected chi connectivity index (χ2v) is 7.99. The lowest BCUT2D eigenvalue weighted by molar-refractivity contribution is 0.0696. The maximum Gasteiger partial charge on any atom is 0.335 e. The summed E-state index contributed by atoms with van der Waals surface area (Å²) in [4.78, 5) is 29.5. The van der Waals surface area contributed by atoms with E-state index in [0.29, 0.717) is 27.4 Å². The standard InChI is InChI=1S/C23H22N4O3/c1-14-9-20-18(10-17(14)23(29)30)21-19(22(28)25-20)11-24-27(21)16-7-8-26(13-16)12-15-5-3-2-4-6-15/h2-6,9-11,16H,7-8,12-13H2,1H3,(H,25,28)(H,29,30). The molecule has 1 aliphatic heterocycles. The van der Waals surface area contributed by atoms with Gasteiger partial charge in [-0.05, 0) is 36.6 Å². The maximum absolute atomic E-state index is 12.6. The molecule has 0 bridgehead atoms. The molecule has 2 aromatic carbocycles. The van der Waals surface area contributed by atoms with Crippen molar-refractivity contribution in [3.8, 4) is 0 Å². The SMILES string of the molecule is Cc1cc2[nH]c(=O)c3cnn(C4CCN(Cc5ccccc5)C4)c3c2cc1C(=O)O. The van der Waals surface area contributed by atoms with Gasteiger partial charge < -0.3 is 10.1 Å². The molecule has 2 N–H and O–H groups in total. The highest BCUT2D eigenvalue weighted by Crippen LogP contribution is 2.30. The minimum Gasteiger partial charge on any atom is -0.478 e. The summed E-state index contributed by atoms with van der Waals surface area (Å²) < 4.78 is 1.92. The Bertz CT molecular complexity index is 1320. The molecular formula is C23H22N4O3. The van der Waals surface area contributed by atoms with Crippen molar-refractivity contribution in [1.82, 2.24) is 19.7 Å². The minimum atomic E-state index is -0.977. The van der Waals surface area contributed by atoms with Crippen molar-refractivity contribution in [3.05, 3.63) is 75.7 Å². The maximum atomic E-state index is 12.6. The predicted octanol–water partition coefficient (Wildman–Crippen LogP) is 3.33. The summed E-state index contributed by atoms with van der Waals surface area (Å²) in [7, 11) is 0. The van der Waals surface area contributed by atoms with Crippen LogP contribution in [0.15, 0.2) is 53.5 Å². The van der Waals surface area contributed by atoms with Crippen LogP contribution in [0.25, 0.3) is 21.8 Å². The number of rotatable bonds is 4. The highest BCUT2D eigenvalue weighted by Gasteiger charge is 2.27. The van der Waals surface area contributed by atoms with E-state index < -0.39 is 5.97 Å². The van der Waals surface area contributed by atoms with Crippen molar-refractivity contribution < 1.29 is 9.90 Å². The zero-order valence-corrected chi connectivity index (χ0v) is 16.6. The predicted molar refractivity (Wildman–Crippen MR) is 115 cm³/mol. The quantitative estimate of drug-likeness (QED) is 0.546. The lowest BCUT2D eigenvalue weighted by Gasteiger charge is -2.17. The summed E-state index contributed by atoms with van der Waals surface area (Å²) in [5, 5.41) is 15.3. The van der Waals surface area contributed by atoms with E-state index in [4.69, 9.17) is 0 Å². The topological polar surface area (TPSA) is 91.2 Å². The molecule has 1 saturated heterocycles. The van der Waals surface area contributed by atoms with Crippen molar-refractivity contribution in [3.63, 3.8) is 0 Å². The Labute approximate surface area is 172 Å². The molecule has 30 heavy (non-hydrogen) atoms. The third-order valence-electron chi connectivity index (χ3n) is 5.98. The second-order valence-electron chi connectivity index (χ2n) is 7.99. The number of H-pyrrole nitrogens is 1. The first kappa shape index (κ1) is 18.6. The van der Waals surface area contributed by atoms with Gasteiger partial charge in [0.15, 0.2) is 0 Å². The summed E-state index contributed by atoms with van der Waals surface area (Å²) in [5.74, 6) is -0.977. The van der Waals surface area contributed by atoms with Gasteiger partial charge in [0, 0.05) is 25.0 Å². The fourth-order valence-electron chi connectivity index (χ4n) is 4.50. The van der Waals surface area contributed by atoms with Crippen molar-refractivity contribution in [1.29, 1.82) is 0 Å². The molecule has 1 unspecified atom stereocenters. The Morgan fingerprint density at radius 3 is 2.80 bits per heavy atom. The number of aromatic nitrogens is 3. The zero-order chi connectivity index (χ0) is 20.8. The largest absolute Gasteiger partial charge is 0.478 e. The number of pyridine rings is 1. The molecule has 2 aromatic heterocycles. The van der Waals surface area contributed by atoms with Crippen LogP contribution in [0.1, 0.15) is 33.9 Å². The average Bonchev–Trinajstić information content (AvgIpc) is 3.35. The van der Waals surface area contributed by atoms with Gasteiger partial charge in [-0.1, -0.05) is 30.3 Å². The van der Waals surface area contributed by atoms with Crippen molar-refractivity contribution >= 4 is 27.8 Å². The molecule has 7 nitrogen and oxygen atoms in total. The third kappa shape index (κ3) is 3.07. The first-order chi connectivity index (χ1) is 14.5. The molecule has 1 fully saturated rings. The molecule has 0 aliphatic carbocycles. The van der Waals surface area contributed by atoms with Gasteiger partial charge in [0.1, 0.15) is 0 Å². The fourth-order valence-corrected chi connectivity index (χ4v) is 4.50. The Kier molecular flexibility index (Phi) is 4.40. The molecule has 7 heteroatoms. The fraction of sp³-hybridized carbons (Fsp3) is 0.261. The average molecular weight is 402 g/mol. The Morgan fingerprint density at radius 1 is 1.23 bits per heavy atom. The monoisotopic (exact) mass is 402 g/mol. The number of aromatic carboxylic acids is 1. The second kappa shape index (κ2) is 7.11. The van der Waals surface area contributed by atoms with E-state index in [0.717, 1.165) is 26.1 Å². The van der Waals surface area contributed by atoms with E-state index in [1.165, 1.54) is 5.56 Å². The highest BCUT2D eigenvalue weighted by molar-refractivity contribution is 6.06. The number of hydrogen-bond donors (Lipinski definition) is 2. The normalized spacial score (nSPS) is 17.2. The molecule has 0 saturated carbocycles. The van der Waals surface area contributed by atoms with Gasteiger partial charge in [-0.3, -0.25) is 14.4 Å². The molecule has 1 atom stereocenters. The molecule has 4 aromatic rings. The molecule has 0 radical (unpaired) electrons. The van der Waals surface area contributed by atoms with E-state index in [-0.39, 0.29) is 17.2 Å². The first-order valence-electron chi connectivity index (χ1n) is 10.0. The Hall–Kier alpha value is -3.45. The van der Waals surface area contributed by atoms with Gasteiger partial charge in [-0.25, -0.2) is 4.79 Å². The van der Waals surface area contributed by atoms with Crippen LogP contribution in [0.3, 0.4) is 0 Å². The number of aromatic amines is 1. The number of nitrogens with zero attached hydrogens (tertiary/aromatic N) is 3. The van der Waals surface area contributed by atoms with Gasteiger partial charge in [0.25, 0.3) is 5.56 Å². The molecular weight excluding hydrogens is 380 g/mol. The molecule has 0 amide bonds. The lowest BCUT2D eigenvalue weighted by Crippen LogP contribution is -2.21. The number of carboxylic acids is 1. The van der Waals surface area contributed by atoms with Crippen LogP contribution in [-0.2, 0) is 6.54 Å². The van der Waals surface area contributed by atoms with Crippen LogP contribution in [-0.4, -0.2) is 43.8 Å². The van der Waals surface area contributed by atoms with E-state index >= 15 is 0 Å². The zero-order valence-electron chi connectivity index (χ0n) is 16.6. The van der Waals surface area contributed by atoms with Gasteiger partial charge in [-0.2, -0.15) is 5.10 Å². The van der Waals surface area contributed by atoms with Crippen LogP contribution < -0.4 is 5.56 Å². The van der Waals surface area contributed by atoms with E-state index in [2.05, 4.69) is 27.1 Å². The lowest BCUT2D eigenvalue weighted by atomic mass is 10.0. The number of carboxylic acid groups (broad SMARTS) is 1. The molecule has 5 rings (SSSR count). The summed E-state index contributed by atoms with van der Waals surface area (Å²) in [6, 6.07) is 13.9. The van der Waals surface area contributed by atoms with E-state index in [1.807, 2.05) is 22.9 Å². The molecule has 152 valence electrons. The van der Waals surface area contributed by atoms with Crippen LogP contribution in [0, 0.1) is 6.92 Å². The number of nitrogens with one attached hydrogen (secondary N) is 1. The van der Waals surface area contributed by atoms with Crippen LogP contribution in [0.2, 0.25) is 0 Å².